The van der Waals surface area contributed by atoms with Gasteiger partial charge in [0, 0.05) is 12.0 Å². The van der Waals surface area contributed by atoms with Gasteiger partial charge in [0.2, 0.25) is 0 Å². The second kappa shape index (κ2) is 11.0. The zero-order valence-electron chi connectivity index (χ0n) is 14.2. The summed E-state index contributed by atoms with van der Waals surface area (Å²) >= 11 is 0. The molecule has 5 heteroatoms. The highest BCUT2D eigenvalue weighted by atomic mass is 35.5. The minimum absolute atomic E-state index is 0. The fourth-order valence-corrected chi connectivity index (χ4v) is 2.93. The zero-order chi connectivity index (χ0) is 15.8. The molecular weight excluding hydrogens is 290 g/mol. The minimum atomic E-state index is -0.355. The van der Waals surface area contributed by atoms with Crippen LogP contribution in [0.25, 0.3) is 0 Å². The molecule has 0 bridgehead atoms. The molecule has 0 aliphatic rings. The molecule has 4 nitrogen and oxygen atoms in total. The highest BCUT2D eigenvalue weighted by molar-refractivity contribution is 5.86. The molecule has 0 radical (unpaired) electrons. The number of aliphatic hydroxyl groups is 1. The number of esters is 1. The number of aliphatic hydroxyl groups excluding tert-OH is 1. The van der Waals surface area contributed by atoms with Gasteiger partial charge in [0.05, 0.1) is 26.2 Å². The molecule has 0 aliphatic carbocycles. The van der Waals surface area contributed by atoms with Crippen molar-refractivity contribution in [3.05, 3.63) is 12.2 Å². The van der Waals surface area contributed by atoms with Crippen LogP contribution in [0.3, 0.4) is 0 Å². The Bertz CT molecular complexity index is 306. The van der Waals surface area contributed by atoms with Crippen molar-refractivity contribution in [3.63, 3.8) is 0 Å². The second-order valence-corrected chi connectivity index (χ2v) is 5.53. The van der Waals surface area contributed by atoms with Crippen LogP contribution in [0.15, 0.2) is 12.2 Å². The number of rotatable bonds is 10. The Balaban J connectivity index is 0. The quantitative estimate of drug-likeness (QED) is 0.256. The predicted molar refractivity (Wildman–Crippen MR) is 82.4 cm³/mol. The lowest BCUT2D eigenvalue weighted by molar-refractivity contribution is -0.950. The number of nitrogens with zero attached hydrogens (tertiary/aromatic N) is 1. The summed E-state index contributed by atoms with van der Waals surface area (Å²) < 4.78 is 6.03. The molecule has 0 fully saturated rings. The van der Waals surface area contributed by atoms with E-state index in [1.807, 2.05) is 6.92 Å². The van der Waals surface area contributed by atoms with Crippen LogP contribution in [0.2, 0.25) is 0 Å². The molecule has 0 aromatic rings. The fraction of sp³-hybridized carbons (Fsp3) is 0.812. The van der Waals surface area contributed by atoms with Crippen molar-refractivity contribution in [3.8, 4) is 0 Å². The summed E-state index contributed by atoms with van der Waals surface area (Å²) in [5.74, 6) is -0.333. The van der Waals surface area contributed by atoms with E-state index in [1.54, 1.807) is 6.92 Å². The summed E-state index contributed by atoms with van der Waals surface area (Å²) in [6.07, 6.45) is 1.28. The van der Waals surface area contributed by atoms with Crippen LogP contribution in [0, 0.1) is 0 Å². The van der Waals surface area contributed by atoms with Crippen molar-refractivity contribution in [1.29, 1.82) is 0 Å². The Morgan fingerprint density at radius 1 is 1.24 bits per heavy atom. The van der Waals surface area contributed by atoms with Gasteiger partial charge >= 0.3 is 5.97 Å². The molecule has 0 aromatic carbocycles. The molecule has 126 valence electrons. The summed E-state index contributed by atoms with van der Waals surface area (Å²) in [7, 11) is 0. The summed E-state index contributed by atoms with van der Waals surface area (Å²) in [6, 6.07) is 0.193. The van der Waals surface area contributed by atoms with Crippen LogP contribution in [-0.2, 0) is 9.53 Å². The molecule has 2 atom stereocenters. The van der Waals surface area contributed by atoms with E-state index in [4.69, 9.17) is 4.74 Å². The zero-order valence-corrected chi connectivity index (χ0v) is 14.9. The van der Waals surface area contributed by atoms with Gasteiger partial charge in [0.1, 0.15) is 12.1 Å². The monoisotopic (exact) mass is 321 g/mol. The van der Waals surface area contributed by atoms with Gasteiger partial charge in [0.25, 0.3) is 0 Å². The average molecular weight is 322 g/mol. The van der Waals surface area contributed by atoms with E-state index in [0.29, 0.717) is 12.2 Å². The Labute approximate surface area is 136 Å². The lowest BCUT2D eigenvalue weighted by atomic mass is 10.0. The molecule has 0 amide bonds. The first kappa shape index (κ1) is 22.7. The van der Waals surface area contributed by atoms with Crippen molar-refractivity contribution in [1.82, 2.24) is 0 Å². The van der Waals surface area contributed by atoms with Crippen LogP contribution >= 0.6 is 0 Å². The molecule has 0 spiro atoms. The van der Waals surface area contributed by atoms with Crippen molar-refractivity contribution in [2.75, 3.05) is 26.2 Å². The molecule has 0 aromatic heterocycles. The third kappa shape index (κ3) is 6.81. The molecule has 0 saturated heterocycles. The first-order valence-electron chi connectivity index (χ1n) is 7.71. The highest BCUT2D eigenvalue weighted by Crippen LogP contribution is 2.21. The van der Waals surface area contributed by atoms with Gasteiger partial charge in [-0.3, -0.25) is 0 Å². The van der Waals surface area contributed by atoms with Gasteiger partial charge in [-0.2, -0.15) is 0 Å². The molecule has 0 heterocycles. The number of ether oxygens (including phenoxy) is 1. The molecule has 0 saturated carbocycles. The number of hydrogen-bond donors (Lipinski definition) is 1. The Hall–Kier alpha value is -0.580. The van der Waals surface area contributed by atoms with E-state index in [-0.39, 0.29) is 30.5 Å². The van der Waals surface area contributed by atoms with Gasteiger partial charge in [-0.1, -0.05) is 6.58 Å². The van der Waals surface area contributed by atoms with Gasteiger partial charge < -0.3 is 26.7 Å². The standard InChI is InChI=1S/C16H32NO3.ClH/c1-7-17(8-2,9-3)15(14(6)18)11-10-12-20-16(19)13(4)5;/h14-15,18H,4,7-12H2,1-3,5-6H3;1H/q+1;/p-1. The number of quaternary nitrogens is 1. The Kier molecular flexibility index (Phi) is 11.9. The maximum absolute atomic E-state index is 11.3. The topological polar surface area (TPSA) is 46.5 Å². The van der Waals surface area contributed by atoms with Crippen molar-refractivity contribution in [2.24, 2.45) is 0 Å². The van der Waals surface area contributed by atoms with Gasteiger partial charge in [-0.15, -0.1) is 0 Å². The minimum Gasteiger partial charge on any atom is -1.00 e. The van der Waals surface area contributed by atoms with Crippen molar-refractivity contribution >= 4 is 5.97 Å². The summed E-state index contributed by atoms with van der Waals surface area (Å²) in [5, 5.41) is 10.1. The summed E-state index contributed by atoms with van der Waals surface area (Å²) in [4.78, 5) is 11.3. The van der Waals surface area contributed by atoms with Crippen LogP contribution in [-0.4, -0.2) is 53.9 Å². The van der Waals surface area contributed by atoms with Crippen LogP contribution < -0.4 is 12.4 Å². The number of likely N-dealkylation sites (N-methyl/N-ethyl adjacent to an activating group) is 1. The highest BCUT2D eigenvalue weighted by Gasteiger charge is 2.35. The Morgan fingerprint density at radius 3 is 2.05 bits per heavy atom. The van der Waals surface area contributed by atoms with E-state index in [2.05, 4.69) is 27.4 Å². The third-order valence-corrected chi connectivity index (χ3v) is 4.38. The number of carbonyl (C=O) groups excluding carboxylic acids is 1. The van der Waals surface area contributed by atoms with E-state index >= 15 is 0 Å². The molecular formula is C16H32ClNO3. The van der Waals surface area contributed by atoms with E-state index < -0.39 is 0 Å². The molecule has 1 N–H and O–H groups in total. The van der Waals surface area contributed by atoms with Crippen LogP contribution in [0.5, 0.6) is 0 Å². The lowest BCUT2D eigenvalue weighted by Crippen LogP contribution is -3.00. The van der Waals surface area contributed by atoms with Crippen LogP contribution in [0.1, 0.15) is 47.5 Å². The number of hydrogen-bond acceptors (Lipinski definition) is 3. The lowest BCUT2D eigenvalue weighted by Gasteiger charge is -2.44. The molecule has 2 unspecified atom stereocenters. The maximum atomic E-state index is 11.3. The molecule has 21 heavy (non-hydrogen) atoms. The first-order valence-corrected chi connectivity index (χ1v) is 7.71. The fourth-order valence-electron chi connectivity index (χ4n) is 2.93. The summed E-state index contributed by atoms with van der Waals surface area (Å²) in [5.41, 5.74) is 0.429. The molecule has 0 rings (SSSR count). The van der Waals surface area contributed by atoms with E-state index in [1.165, 1.54) is 0 Å². The van der Waals surface area contributed by atoms with E-state index in [0.717, 1.165) is 37.0 Å². The largest absolute Gasteiger partial charge is 1.00 e. The normalized spacial score (nSPS) is 14.0. The smallest absolute Gasteiger partial charge is 0.333 e. The summed E-state index contributed by atoms with van der Waals surface area (Å²) in [6.45, 7) is 17.0. The van der Waals surface area contributed by atoms with Crippen molar-refractivity contribution < 1.29 is 31.5 Å². The average Bonchev–Trinajstić information content (AvgIpc) is 2.42. The number of carbonyl (C=O) groups is 1. The predicted octanol–water partition coefficient (Wildman–Crippen LogP) is -0.484. The SMILES string of the molecule is C=C(C)C(=O)OCCCC(C(C)O)[N+](CC)(CC)CC.[Cl-]. The van der Waals surface area contributed by atoms with Gasteiger partial charge in [0.15, 0.2) is 0 Å². The first-order chi connectivity index (χ1) is 9.34. The van der Waals surface area contributed by atoms with Gasteiger partial charge in [-0.05, 0) is 41.0 Å². The van der Waals surface area contributed by atoms with Crippen molar-refractivity contribution in [2.45, 2.75) is 59.6 Å². The second-order valence-electron chi connectivity index (χ2n) is 5.53. The van der Waals surface area contributed by atoms with Crippen LogP contribution in [0.4, 0.5) is 0 Å². The van der Waals surface area contributed by atoms with E-state index in [9.17, 15) is 9.90 Å². The van der Waals surface area contributed by atoms with Gasteiger partial charge in [-0.25, -0.2) is 4.79 Å². The maximum Gasteiger partial charge on any atom is 0.333 e. The molecule has 0 aliphatic heterocycles. The third-order valence-electron chi connectivity index (χ3n) is 4.38. The number of halogens is 1. The Morgan fingerprint density at radius 2 is 1.71 bits per heavy atom.